The van der Waals surface area contributed by atoms with Crippen LogP contribution in [0.4, 0.5) is 0 Å². The van der Waals surface area contributed by atoms with Gasteiger partial charge in [0.25, 0.3) is 0 Å². The van der Waals surface area contributed by atoms with Gasteiger partial charge in [-0.3, -0.25) is 0 Å². The largest absolute Gasteiger partial charge is 0.392 e. The average molecular weight is 359 g/mol. The van der Waals surface area contributed by atoms with E-state index in [1.54, 1.807) is 0 Å². The van der Waals surface area contributed by atoms with Gasteiger partial charge < -0.3 is 5.11 Å². The van der Waals surface area contributed by atoms with Gasteiger partial charge in [0, 0.05) is 0 Å². The van der Waals surface area contributed by atoms with Crippen molar-refractivity contribution in [1.29, 1.82) is 0 Å². The van der Waals surface area contributed by atoms with Crippen molar-refractivity contribution in [1.82, 2.24) is 0 Å². The van der Waals surface area contributed by atoms with Gasteiger partial charge in [0.15, 0.2) is 0 Å². The molecule has 0 atom stereocenters. The molecule has 0 spiro atoms. The Balaban J connectivity index is 4.03. The lowest BCUT2D eigenvalue weighted by atomic mass is 10.0. The summed E-state index contributed by atoms with van der Waals surface area (Å²) >= 11 is 0. The van der Waals surface area contributed by atoms with Crippen LogP contribution >= 0.6 is 0 Å². The molecule has 26 heavy (non-hydrogen) atoms. The minimum atomic E-state index is 0.156. The molecule has 0 aromatic carbocycles. The van der Waals surface area contributed by atoms with Crippen molar-refractivity contribution in [3.63, 3.8) is 0 Å². The van der Waals surface area contributed by atoms with Crippen LogP contribution in [0.3, 0.4) is 0 Å². The summed E-state index contributed by atoms with van der Waals surface area (Å²) < 4.78 is 0. The van der Waals surface area contributed by atoms with Gasteiger partial charge in [-0.25, -0.2) is 0 Å². The Morgan fingerprint density at radius 3 is 1.12 bits per heavy atom. The molecule has 0 aliphatic heterocycles. The van der Waals surface area contributed by atoms with Crippen LogP contribution in [0.15, 0.2) is 58.2 Å². The molecule has 1 N–H and O–H groups in total. The van der Waals surface area contributed by atoms with E-state index in [4.69, 9.17) is 5.11 Å². The molecular weight excluding hydrogens is 316 g/mol. The minimum absolute atomic E-state index is 0.156. The zero-order chi connectivity index (χ0) is 19.8. The Hall–Kier alpha value is -1.34. The summed E-state index contributed by atoms with van der Waals surface area (Å²) in [6, 6.07) is 0. The molecule has 0 saturated carbocycles. The lowest BCUT2D eigenvalue weighted by Crippen LogP contribution is -1.83. The van der Waals surface area contributed by atoms with Gasteiger partial charge in [-0.2, -0.15) is 0 Å². The topological polar surface area (TPSA) is 20.2 Å². The molecule has 148 valence electrons. The number of aliphatic hydroxyl groups is 1. The maximum atomic E-state index is 8.86. The van der Waals surface area contributed by atoms with Gasteiger partial charge in [-0.05, 0) is 92.9 Å². The van der Waals surface area contributed by atoms with Gasteiger partial charge in [-0.15, -0.1) is 0 Å². The van der Waals surface area contributed by atoms with Crippen LogP contribution in [0.1, 0.15) is 92.9 Å². The average Bonchev–Trinajstić information content (AvgIpc) is 2.54. The smallest absolute Gasteiger partial charge is 0.0614 e. The molecule has 0 bridgehead atoms. The molecule has 0 fully saturated rings. The molecule has 0 aromatic heterocycles. The zero-order valence-electron chi connectivity index (χ0n) is 18.2. The number of allylic oxidation sites excluding steroid dienone is 9. The lowest BCUT2D eigenvalue weighted by Gasteiger charge is -2.03. The highest BCUT2D eigenvalue weighted by Gasteiger charge is 1.94. The van der Waals surface area contributed by atoms with Gasteiger partial charge in [-0.1, -0.05) is 58.2 Å². The number of hydrogen-bond acceptors (Lipinski definition) is 1. The fraction of sp³-hybridized carbons (Fsp3) is 0.600. The molecule has 0 aromatic rings. The Morgan fingerprint density at radius 2 is 0.808 bits per heavy atom. The van der Waals surface area contributed by atoms with E-state index in [9.17, 15) is 0 Å². The Kier molecular flexibility index (Phi) is 15.1. The Labute approximate surface area is 163 Å². The predicted molar refractivity (Wildman–Crippen MR) is 118 cm³/mol. The fourth-order valence-corrected chi connectivity index (χ4v) is 2.79. The number of hydrogen-bond donors (Lipinski definition) is 1. The third kappa shape index (κ3) is 16.1. The van der Waals surface area contributed by atoms with Crippen LogP contribution in [0, 0.1) is 0 Å². The van der Waals surface area contributed by atoms with Crippen molar-refractivity contribution in [3.8, 4) is 0 Å². The second kappa shape index (κ2) is 15.9. The van der Waals surface area contributed by atoms with E-state index < -0.39 is 0 Å². The minimum Gasteiger partial charge on any atom is -0.392 e. The SMILES string of the molecule is CC(C)=CCC/C(C)=C/CC/C(C)=C/CC/C(C)=C\CC/C(C)=C/CO. The number of aliphatic hydroxyl groups excluding tert-OH is 1. The Morgan fingerprint density at radius 1 is 0.500 bits per heavy atom. The molecule has 0 radical (unpaired) electrons. The molecular formula is C25H42O. The van der Waals surface area contributed by atoms with Crippen LogP contribution in [-0.2, 0) is 0 Å². The van der Waals surface area contributed by atoms with Crippen LogP contribution in [0.5, 0.6) is 0 Å². The summed E-state index contributed by atoms with van der Waals surface area (Å²) in [5.41, 5.74) is 7.18. The highest BCUT2D eigenvalue weighted by atomic mass is 16.2. The first-order valence-electron chi connectivity index (χ1n) is 10.2. The first-order valence-corrected chi connectivity index (χ1v) is 10.2. The summed E-state index contributed by atoms with van der Waals surface area (Å²) in [4.78, 5) is 0. The van der Waals surface area contributed by atoms with Crippen molar-refractivity contribution >= 4 is 0 Å². The van der Waals surface area contributed by atoms with Crippen molar-refractivity contribution in [2.24, 2.45) is 0 Å². The summed E-state index contributed by atoms with van der Waals surface area (Å²) in [7, 11) is 0. The maximum absolute atomic E-state index is 8.86. The van der Waals surface area contributed by atoms with Gasteiger partial charge in [0.05, 0.1) is 6.61 Å². The van der Waals surface area contributed by atoms with E-state index in [1.807, 2.05) is 6.08 Å². The molecule has 0 heterocycles. The predicted octanol–water partition coefficient (Wildman–Crippen LogP) is 7.85. The molecule has 0 amide bonds. The summed E-state index contributed by atoms with van der Waals surface area (Å²) in [5, 5.41) is 8.86. The van der Waals surface area contributed by atoms with Crippen LogP contribution < -0.4 is 0 Å². The second-order valence-electron chi connectivity index (χ2n) is 7.82. The van der Waals surface area contributed by atoms with Crippen LogP contribution in [-0.4, -0.2) is 11.7 Å². The second-order valence-corrected chi connectivity index (χ2v) is 7.82. The zero-order valence-corrected chi connectivity index (χ0v) is 18.2. The van der Waals surface area contributed by atoms with Crippen molar-refractivity contribution in [2.45, 2.75) is 92.9 Å². The monoisotopic (exact) mass is 358 g/mol. The standard InChI is InChI=1S/C25H42O/c1-21(2)11-7-12-22(3)13-8-14-23(4)15-9-16-24(5)17-10-18-25(6)19-20-26/h11,13,15,17,19,26H,7-10,12,14,16,18,20H2,1-6H3/b22-13+,23-15+,24-17-,25-19+. The van der Waals surface area contributed by atoms with E-state index in [2.05, 4.69) is 65.8 Å². The van der Waals surface area contributed by atoms with E-state index in [1.165, 1.54) is 47.1 Å². The van der Waals surface area contributed by atoms with Crippen molar-refractivity contribution < 1.29 is 5.11 Å². The molecule has 0 unspecified atom stereocenters. The summed E-state index contributed by atoms with van der Waals surface area (Å²) in [6.45, 7) is 13.3. The highest BCUT2D eigenvalue weighted by Crippen LogP contribution is 2.14. The van der Waals surface area contributed by atoms with Gasteiger partial charge >= 0.3 is 0 Å². The fourth-order valence-electron chi connectivity index (χ4n) is 2.79. The molecule has 0 saturated heterocycles. The van der Waals surface area contributed by atoms with E-state index in [0.29, 0.717) is 0 Å². The van der Waals surface area contributed by atoms with Crippen LogP contribution in [0.25, 0.3) is 0 Å². The summed E-state index contributed by atoms with van der Waals surface area (Å²) in [6.07, 6.45) is 20.5. The lowest BCUT2D eigenvalue weighted by molar-refractivity contribution is 0.341. The highest BCUT2D eigenvalue weighted by molar-refractivity contribution is 5.08. The van der Waals surface area contributed by atoms with Crippen LogP contribution in [0.2, 0.25) is 0 Å². The van der Waals surface area contributed by atoms with E-state index in [-0.39, 0.29) is 6.61 Å². The van der Waals surface area contributed by atoms with Crippen molar-refractivity contribution in [2.75, 3.05) is 6.61 Å². The normalized spacial score (nSPS) is 14.0. The number of rotatable bonds is 13. The first-order chi connectivity index (χ1) is 12.3. The summed E-state index contributed by atoms with van der Waals surface area (Å²) in [5.74, 6) is 0. The quantitative estimate of drug-likeness (QED) is 0.332. The first kappa shape index (κ1) is 24.7. The molecule has 0 rings (SSSR count). The van der Waals surface area contributed by atoms with Gasteiger partial charge in [0.1, 0.15) is 0 Å². The van der Waals surface area contributed by atoms with Gasteiger partial charge in [0.2, 0.25) is 0 Å². The molecule has 0 aliphatic rings. The Bertz CT molecular complexity index is 522. The maximum Gasteiger partial charge on any atom is 0.0614 e. The van der Waals surface area contributed by atoms with Crippen molar-refractivity contribution in [3.05, 3.63) is 58.2 Å². The molecule has 0 aliphatic carbocycles. The van der Waals surface area contributed by atoms with E-state index in [0.717, 1.165) is 32.1 Å². The molecule has 1 heteroatoms. The third-order valence-electron chi connectivity index (χ3n) is 4.63. The molecule has 1 nitrogen and oxygen atoms in total. The van der Waals surface area contributed by atoms with E-state index >= 15 is 0 Å². The third-order valence-corrected chi connectivity index (χ3v) is 4.63.